The van der Waals surface area contributed by atoms with E-state index in [-0.39, 0.29) is 11.8 Å². The molecule has 0 saturated heterocycles. The van der Waals surface area contributed by atoms with Crippen molar-refractivity contribution >= 4 is 32.3 Å². The lowest BCUT2D eigenvalue weighted by atomic mass is 9.92. The number of hydrogen-bond donors (Lipinski definition) is 2. The maximum atomic E-state index is 12.1. The van der Waals surface area contributed by atoms with Crippen molar-refractivity contribution in [3.05, 3.63) is 60.9 Å². The van der Waals surface area contributed by atoms with Crippen molar-refractivity contribution < 1.29 is 13.2 Å². The van der Waals surface area contributed by atoms with Crippen LogP contribution in [-0.4, -0.2) is 28.7 Å². The van der Waals surface area contributed by atoms with Crippen molar-refractivity contribution in [1.29, 1.82) is 0 Å². The van der Waals surface area contributed by atoms with Crippen molar-refractivity contribution in [2.24, 2.45) is 0 Å². The maximum absolute atomic E-state index is 12.1. The maximum Gasteiger partial charge on any atom is 0.321 e. The van der Waals surface area contributed by atoms with E-state index in [2.05, 4.69) is 19.3 Å². The predicted molar refractivity (Wildman–Crippen MR) is 134 cm³/mol. The highest BCUT2D eigenvalue weighted by molar-refractivity contribution is 7.92. The summed E-state index contributed by atoms with van der Waals surface area (Å²) < 4.78 is 35.0. The predicted octanol–water partition coefficient (Wildman–Crippen LogP) is 5.35. The molecule has 1 aliphatic carbocycles. The minimum atomic E-state index is -3.34. The average molecular weight is 478 g/mol. The summed E-state index contributed by atoms with van der Waals surface area (Å²) in [5.74, 6) is 0.708. The molecule has 2 aromatic heterocycles. The zero-order chi connectivity index (χ0) is 23.7. The van der Waals surface area contributed by atoms with Crippen LogP contribution in [0.3, 0.4) is 0 Å². The molecule has 1 fully saturated rings. The molecule has 0 atom stereocenters. The molecule has 0 unspecified atom stereocenters. The highest BCUT2D eigenvalue weighted by Crippen LogP contribution is 2.45. The molecular weight excluding hydrogens is 450 g/mol. The molecule has 34 heavy (non-hydrogen) atoms. The van der Waals surface area contributed by atoms with Crippen molar-refractivity contribution in [2.75, 3.05) is 16.2 Å². The fourth-order valence-corrected chi connectivity index (χ4v) is 5.47. The Morgan fingerprint density at radius 3 is 2.50 bits per heavy atom. The van der Waals surface area contributed by atoms with Crippen LogP contribution in [-0.2, 0) is 10.0 Å². The van der Waals surface area contributed by atoms with Crippen LogP contribution >= 0.6 is 0 Å². The van der Waals surface area contributed by atoms with E-state index < -0.39 is 10.0 Å². The molecule has 0 bridgehead atoms. The molecule has 3 N–H and O–H groups in total. The first-order valence-corrected chi connectivity index (χ1v) is 13.1. The lowest BCUT2D eigenvalue weighted by molar-refractivity contribution is 0.324. The molecule has 1 saturated carbocycles. The summed E-state index contributed by atoms with van der Waals surface area (Å²) in [6.45, 7) is 1.84. The highest BCUT2D eigenvalue weighted by atomic mass is 32.2. The van der Waals surface area contributed by atoms with Crippen molar-refractivity contribution in [2.45, 2.75) is 38.6 Å². The van der Waals surface area contributed by atoms with Crippen molar-refractivity contribution in [3.63, 3.8) is 0 Å². The Bertz CT molecular complexity index is 1410. The van der Waals surface area contributed by atoms with E-state index in [4.69, 9.17) is 10.5 Å². The molecule has 4 aromatic rings. The third kappa shape index (κ3) is 4.31. The second-order valence-electron chi connectivity index (χ2n) is 8.53. The quantitative estimate of drug-likeness (QED) is 0.354. The van der Waals surface area contributed by atoms with Crippen molar-refractivity contribution in [1.82, 2.24) is 14.5 Å². The van der Waals surface area contributed by atoms with Gasteiger partial charge in [0, 0.05) is 35.1 Å². The Morgan fingerprint density at radius 2 is 1.85 bits per heavy atom. The fourth-order valence-electron chi connectivity index (χ4n) is 4.34. The number of nitrogens with one attached hydrogen (secondary N) is 1. The van der Waals surface area contributed by atoms with E-state index >= 15 is 0 Å². The van der Waals surface area contributed by atoms with Crippen LogP contribution in [0.2, 0.25) is 0 Å². The molecule has 5 rings (SSSR count). The molecule has 0 aliphatic heterocycles. The number of ether oxygens (including phenoxy) is 1. The molecule has 2 heterocycles. The number of nitrogens with two attached hydrogens (primary N) is 1. The van der Waals surface area contributed by atoms with Gasteiger partial charge in [0.05, 0.1) is 22.7 Å². The minimum Gasteiger partial charge on any atom is -0.424 e. The van der Waals surface area contributed by atoms with Gasteiger partial charge in [0.1, 0.15) is 5.75 Å². The van der Waals surface area contributed by atoms with Gasteiger partial charge in [-0.15, -0.1) is 0 Å². The van der Waals surface area contributed by atoms with Gasteiger partial charge in [0.25, 0.3) is 0 Å². The number of aromatic nitrogens is 3. The van der Waals surface area contributed by atoms with Crippen LogP contribution in [0.4, 0.5) is 11.4 Å². The van der Waals surface area contributed by atoms with Crippen molar-refractivity contribution in [3.8, 4) is 23.0 Å². The highest BCUT2D eigenvalue weighted by Gasteiger charge is 2.27. The third-order valence-corrected chi connectivity index (χ3v) is 7.60. The van der Waals surface area contributed by atoms with Gasteiger partial charge < -0.3 is 15.0 Å². The molecule has 0 radical (unpaired) electrons. The van der Waals surface area contributed by atoms with Crippen LogP contribution in [0.15, 0.2) is 60.9 Å². The number of benzene rings is 2. The Hall–Kier alpha value is -3.59. The Balaban J connectivity index is 1.54. The minimum absolute atomic E-state index is 0.0933. The number of fused-ring (bicyclic) bond motifs is 1. The van der Waals surface area contributed by atoms with Crippen LogP contribution in [0.5, 0.6) is 11.8 Å². The lowest BCUT2D eigenvalue weighted by Crippen LogP contribution is -2.18. The smallest absolute Gasteiger partial charge is 0.321 e. The zero-order valence-electron chi connectivity index (χ0n) is 18.9. The molecule has 176 valence electrons. The van der Waals surface area contributed by atoms with E-state index in [1.54, 1.807) is 30.6 Å². The van der Waals surface area contributed by atoms with Gasteiger partial charge >= 0.3 is 6.01 Å². The second kappa shape index (κ2) is 8.98. The summed E-state index contributed by atoms with van der Waals surface area (Å²) in [5.41, 5.74) is 10.8. The third-order valence-electron chi connectivity index (χ3n) is 6.11. The molecule has 0 spiro atoms. The number of nitrogen functional groups attached to an aromatic ring is 1. The largest absolute Gasteiger partial charge is 0.424 e. The Kier molecular flexibility index (Phi) is 5.87. The van der Waals surface area contributed by atoms with Crippen LogP contribution in [0.25, 0.3) is 22.2 Å². The molecule has 1 aliphatic rings. The van der Waals surface area contributed by atoms with E-state index in [9.17, 15) is 8.42 Å². The van der Waals surface area contributed by atoms with Gasteiger partial charge in [-0.1, -0.05) is 19.1 Å². The van der Waals surface area contributed by atoms with E-state index in [0.29, 0.717) is 29.6 Å². The number of rotatable bonds is 8. The van der Waals surface area contributed by atoms with Crippen LogP contribution < -0.4 is 15.2 Å². The SMILES string of the molecule is CCCS(=O)(=O)Nc1ccc(-c2c(N)c3cc(Oc4ncccn4)ccc3n2C2CCC2)cc1. The number of sulfonamides is 1. The summed E-state index contributed by atoms with van der Waals surface area (Å²) in [6.07, 6.45) is 7.21. The molecule has 8 nitrogen and oxygen atoms in total. The molecule has 9 heteroatoms. The van der Waals surface area contributed by atoms with Gasteiger partial charge in [0.2, 0.25) is 10.0 Å². The molecule has 0 amide bonds. The summed E-state index contributed by atoms with van der Waals surface area (Å²) in [4.78, 5) is 8.25. The second-order valence-corrected chi connectivity index (χ2v) is 10.4. The van der Waals surface area contributed by atoms with Gasteiger partial charge in [-0.05, 0) is 62.1 Å². The van der Waals surface area contributed by atoms with Gasteiger partial charge in [0.15, 0.2) is 0 Å². The molecule has 2 aromatic carbocycles. The van der Waals surface area contributed by atoms with Crippen LogP contribution in [0, 0.1) is 0 Å². The summed E-state index contributed by atoms with van der Waals surface area (Å²) in [7, 11) is -3.34. The van der Waals surface area contributed by atoms with Crippen LogP contribution in [0.1, 0.15) is 38.6 Å². The first-order chi connectivity index (χ1) is 16.4. The summed E-state index contributed by atoms with van der Waals surface area (Å²) >= 11 is 0. The summed E-state index contributed by atoms with van der Waals surface area (Å²) in [5, 5.41) is 0.906. The van der Waals surface area contributed by atoms with E-state index in [1.807, 2.05) is 37.3 Å². The molecular formula is C25H27N5O3S. The number of hydrogen-bond acceptors (Lipinski definition) is 6. The normalized spacial score (nSPS) is 14.1. The average Bonchev–Trinajstić information content (AvgIpc) is 3.05. The van der Waals surface area contributed by atoms with Gasteiger partial charge in [-0.25, -0.2) is 18.4 Å². The van der Waals surface area contributed by atoms with Gasteiger partial charge in [-0.2, -0.15) is 0 Å². The Morgan fingerprint density at radius 1 is 1.12 bits per heavy atom. The standard InChI is InChI=1S/C25H27N5O3S/c1-2-15-34(31,32)29-18-9-7-17(8-10-18)24-23(26)21-16-20(33-25-27-13-4-14-28-25)11-12-22(21)30(24)19-5-3-6-19/h4,7-14,16,19,29H,2-3,5-6,15,26H2,1H3. The lowest BCUT2D eigenvalue weighted by Gasteiger charge is -2.30. The van der Waals surface area contributed by atoms with E-state index in [0.717, 1.165) is 35.0 Å². The van der Waals surface area contributed by atoms with Gasteiger partial charge in [-0.3, -0.25) is 4.72 Å². The zero-order valence-corrected chi connectivity index (χ0v) is 19.8. The summed E-state index contributed by atoms with van der Waals surface area (Å²) in [6, 6.07) is 15.6. The van der Waals surface area contributed by atoms with E-state index in [1.165, 1.54) is 6.42 Å². The topological polar surface area (TPSA) is 112 Å². The first-order valence-electron chi connectivity index (χ1n) is 11.4. The Labute approximate surface area is 198 Å². The first kappa shape index (κ1) is 22.2. The number of nitrogens with zero attached hydrogens (tertiary/aromatic N) is 3. The fraction of sp³-hybridized carbons (Fsp3) is 0.280. The number of anilines is 2. The monoisotopic (exact) mass is 477 g/mol.